The normalized spacial score (nSPS) is 18.2. The second-order valence-electron chi connectivity index (χ2n) is 36.6. The summed E-state index contributed by atoms with van der Waals surface area (Å²) in [5, 5.41) is 0. The van der Waals surface area contributed by atoms with Gasteiger partial charge in [-0.3, -0.25) is 0 Å². The summed E-state index contributed by atoms with van der Waals surface area (Å²) in [5.74, 6) is 8.33. The first kappa shape index (κ1) is 95.3. The molecule has 0 N–H and O–H groups in total. The van der Waals surface area contributed by atoms with Crippen molar-refractivity contribution in [1.82, 2.24) is 0 Å². The zero-order chi connectivity index (χ0) is 80.3. The average molecular weight is 1500 g/mol. The van der Waals surface area contributed by atoms with Gasteiger partial charge in [-0.2, -0.15) is 0 Å². The van der Waals surface area contributed by atoms with Gasteiger partial charge in [0.05, 0.1) is 18.8 Å². The first-order valence-electron chi connectivity index (χ1n) is 42.8. The maximum atomic E-state index is 6.24. The molecule has 10 atom stereocenters. The molecule has 0 aliphatic heterocycles. The number of hydrogen-bond donors (Lipinski definition) is 0. The van der Waals surface area contributed by atoms with Gasteiger partial charge in [-0.1, -0.05) is 277 Å². The van der Waals surface area contributed by atoms with Gasteiger partial charge in [0.15, 0.2) is 0 Å². The lowest BCUT2D eigenvalue weighted by Crippen LogP contribution is -2.40. The van der Waals surface area contributed by atoms with E-state index in [1.807, 2.05) is 38.1 Å². The summed E-state index contributed by atoms with van der Waals surface area (Å²) in [6, 6.07) is 42.4. The van der Waals surface area contributed by atoms with Gasteiger partial charge in [0.1, 0.15) is 28.7 Å². The maximum absolute atomic E-state index is 6.24. The Morgan fingerprint density at radius 2 is 0.657 bits per heavy atom. The van der Waals surface area contributed by atoms with E-state index in [9.17, 15) is 0 Å². The van der Waals surface area contributed by atoms with Crippen molar-refractivity contribution in [3.05, 3.63) is 149 Å². The lowest BCUT2D eigenvalue weighted by molar-refractivity contribution is -0.162. The molecule has 5 aromatic rings. The Bertz CT molecular complexity index is 3080. The second kappa shape index (κ2) is 48.1. The van der Waals surface area contributed by atoms with Crippen LogP contribution >= 0.6 is 0 Å². The van der Waals surface area contributed by atoms with Gasteiger partial charge in [0.2, 0.25) is 31.5 Å². The Morgan fingerprint density at radius 1 is 0.352 bits per heavy atom. The van der Waals surface area contributed by atoms with Gasteiger partial charge >= 0.3 is 0 Å². The highest BCUT2D eigenvalue weighted by atomic mass is 16.7. The van der Waals surface area contributed by atoms with Crippen molar-refractivity contribution in [3.63, 3.8) is 0 Å². The van der Waals surface area contributed by atoms with Gasteiger partial charge in [-0.15, -0.1) is 0 Å². The van der Waals surface area contributed by atoms with Gasteiger partial charge in [0.25, 0.3) is 0 Å². The molecule has 3 aliphatic carbocycles. The molecule has 3 saturated carbocycles. The van der Waals surface area contributed by atoms with Gasteiger partial charge in [-0.05, 0) is 221 Å². The van der Waals surface area contributed by atoms with Gasteiger partial charge in [0, 0.05) is 42.3 Å². The summed E-state index contributed by atoms with van der Waals surface area (Å²) in [7, 11) is 3.45. The molecule has 10 heteroatoms. The average Bonchev–Trinajstić information content (AvgIpc) is 0.803. The van der Waals surface area contributed by atoms with Crippen LogP contribution in [0.2, 0.25) is 0 Å². The van der Waals surface area contributed by atoms with Crippen LogP contribution in [0.4, 0.5) is 0 Å². The summed E-state index contributed by atoms with van der Waals surface area (Å²) in [6.07, 6.45) is 27.2. The summed E-state index contributed by atoms with van der Waals surface area (Å²) in [4.78, 5) is 0. The number of hydrogen-bond acceptors (Lipinski definition) is 10. The standard InChI is InChI=1S/C23H38O2.C22H36O2.C19H30O2.C18H30O2.C16H26O2/c1-6-18(2)20-12-14-21(15-13-20)25-22(23(3,4)5)24-17-16-19-10-8-7-9-11-19;1-6-18(4)19-10-12-20(13-11-19)24-21(23-17(2)3)16-22(5)14-8-7-9-15-22;1-5-15(2)16-9-11-17(12-10-16)21-18(20-4)19(3)13-7-6-8-14-19;1-8-14(4)15-9-11-16(12-10-15)20-17(18(5,6)7)19-13(2)3;1-7-12(2)13-8-10-14(11-9-13)18-15(17-6)16(3,4)5/h12-15,18-19,22H,6-11,16-17H2,1-5H3;10-13,17-18,21H,6-9,14-16H2,1-5H3;9-12,15,18H,5-8,13-14H2,1-4H3;9-14,17H,8H2,1-7H3;8-12,15H,7H2,1-6H3. The van der Waals surface area contributed by atoms with Crippen LogP contribution in [0.25, 0.3) is 0 Å². The fourth-order valence-corrected chi connectivity index (χ4v) is 14.2. The molecule has 0 amide bonds. The van der Waals surface area contributed by atoms with E-state index in [2.05, 4.69) is 256 Å². The van der Waals surface area contributed by atoms with Crippen LogP contribution in [0.5, 0.6) is 28.7 Å². The molecular formula is C98H160O10. The predicted molar refractivity (Wildman–Crippen MR) is 457 cm³/mol. The minimum absolute atomic E-state index is 0.0376. The van der Waals surface area contributed by atoms with Crippen molar-refractivity contribution in [1.29, 1.82) is 0 Å². The molecule has 0 spiro atoms. The molecule has 0 heterocycles. The van der Waals surface area contributed by atoms with Crippen LogP contribution in [0.15, 0.2) is 121 Å². The van der Waals surface area contributed by atoms with E-state index in [0.717, 1.165) is 73.4 Å². The zero-order valence-electron chi connectivity index (χ0n) is 73.9. The maximum Gasteiger partial charge on any atom is 0.204 e. The minimum Gasteiger partial charge on any atom is -0.465 e. The molecule has 0 aromatic heterocycles. The first-order chi connectivity index (χ1) is 51.0. The fourth-order valence-electron chi connectivity index (χ4n) is 14.2. The van der Waals surface area contributed by atoms with Crippen molar-refractivity contribution in [3.8, 4) is 28.7 Å². The second-order valence-corrected chi connectivity index (χ2v) is 36.6. The van der Waals surface area contributed by atoms with E-state index in [-0.39, 0.29) is 65.3 Å². The molecule has 10 nitrogen and oxygen atoms in total. The number of methoxy groups -OCH3 is 2. The fraction of sp³-hybridized carbons (Fsp3) is 0.694. The number of benzene rings is 5. The van der Waals surface area contributed by atoms with E-state index >= 15 is 0 Å². The van der Waals surface area contributed by atoms with E-state index < -0.39 is 0 Å². The molecular weight excluding hydrogens is 1340 g/mol. The third-order valence-electron chi connectivity index (χ3n) is 22.7. The van der Waals surface area contributed by atoms with Crippen LogP contribution in [0, 0.1) is 33.0 Å². The number of rotatable bonds is 33. The van der Waals surface area contributed by atoms with E-state index in [4.69, 9.17) is 47.4 Å². The lowest BCUT2D eigenvalue weighted by Gasteiger charge is -2.39. The lowest BCUT2D eigenvalue weighted by atomic mass is 9.73. The van der Waals surface area contributed by atoms with Crippen molar-refractivity contribution in [2.75, 3.05) is 20.8 Å². The summed E-state index contributed by atoms with van der Waals surface area (Å²) < 4.78 is 59.8. The topological polar surface area (TPSA) is 92.3 Å². The molecule has 8 rings (SSSR count). The monoisotopic (exact) mass is 1500 g/mol. The van der Waals surface area contributed by atoms with Crippen molar-refractivity contribution in [2.24, 2.45) is 33.0 Å². The molecule has 3 aliphatic rings. The van der Waals surface area contributed by atoms with Gasteiger partial charge < -0.3 is 47.4 Å². The third kappa shape index (κ3) is 34.9. The van der Waals surface area contributed by atoms with E-state index in [0.29, 0.717) is 35.0 Å². The van der Waals surface area contributed by atoms with Crippen LogP contribution in [0.1, 0.15) is 372 Å². The highest BCUT2D eigenvalue weighted by Gasteiger charge is 2.38. The minimum atomic E-state index is -0.239. The molecule has 0 radical (unpaired) electrons. The van der Waals surface area contributed by atoms with Crippen LogP contribution in [-0.4, -0.2) is 64.5 Å². The zero-order valence-corrected chi connectivity index (χ0v) is 73.9. The Balaban J connectivity index is 0.000000287. The first-order valence-corrected chi connectivity index (χ1v) is 42.8. The summed E-state index contributed by atoms with van der Waals surface area (Å²) in [5.41, 5.74) is 7.21. The van der Waals surface area contributed by atoms with Crippen LogP contribution in [-0.2, 0) is 23.7 Å². The Kier molecular flexibility index (Phi) is 42.4. The smallest absolute Gasteiger partial charge is 0.204 e. The van der Waals surface area contributed by atoms with Crippen molar-refractivity contribution in [2.45, 2.75) is 388 Å². The molecule has 0 bridgehead atoms. The Morgan fingerprint density at radius 3 is 0.972 bits per heavy atom. The molecule has 0 saturated heterocycles. The van der Waals surface area contributed by atoms with Crippen molar-refractivity contribution < 1.29 is 47.4 Å². The largest absolute Gasteiger partial charge is 0.465 e. The van der Waals surface area contributed by atoms with Gasteiger partial charge in [-0.25, -0.2) is 0 Å². The molecule has 612 valence electrons. The van der Waals surface area contributed by atoms with Crippen LogP contribution < -0.4 is 23.7 Å². The molecule has 108 heavy (non-hydrogen) atoms. The number of ether oxygens (including phenoxy) is 10. The summed E-state index contributed by atoms with van der Waals surface area (Å²) >= 11 is 0. The third-order valence-corrected chi connectivity index (χ3v) is 22.7. The van der Waals surface area contributed by atoms with Crippen molar-refractivity contribution >= 4 is 0 Å². The van der Waals surface area contributed by atoms with Crippen LogP contribution in [0.3, 0.4) is 0 Å². The highest BCUT2D eigenvalue weighted by molar-refractivity contribution is 5.33. The highest BCUT2D eigenvalue weighted by Crippen LogP contribution is 2.43. The molecule has 3 fully saturated rings. The SMILES string of the molecule is CCC(C)c1ccc(OC(CC2(C)CCCCC2)OC(C)C)cc1.CCC(C)c1ccc(OC(OC(C)C)C(C)(C)C)cc1.CCC(C)c1ccc(OC(OC)C(C)(C)C)cc1.CCC(C)c1ccc(OC(OC)C2(C)CCCCC2)cc1.CCC(C)c1ccc(OC(OCCC2CCCCC2)C(C)(C)C)cc1. The van der Waals surface area contributed by atoms with E-state index in [1.165, 1.54) is 137 Å². The quantitative estimate of drug-likeness (QED) is 0.0378. The Hall–Kier alpha value is -5.10. The summed E-state index contributed by atoms with van der Waals surface area (Å²) in [6.45, 7) is 55.4. The van der Waals surface area contributed by atoms with E-state index in [1.54, 1.807) is 14.2 Å². The molecule has 10 unspecified atom stereocenters. The Labute approximate surface area is 663 Å². The molecule has 5 aromatic carbocycles. The predicted octanol–water partition coefficient (Wildman–Crippen LogP) is 29.1.